The largest absolute Gasteiger partial charge is 0.497 e. The van der Waals surface area contributed by atoms with Crippen molar-refractivity contribution in [2.75, 3.05) is 24.9 Å². The van der Waals surface area contributed by atoms with Crippen molar-refractivity contribution in [3.8, 4) is 11.5 Å². The van der Waals surface area contributed by atoms with Crippen LogP contribution in [0.5, 0.6) is 11.5 Å². The molecule has 2 aromatic rings. The Morgan fingerprint density at radius 2 is 1.68 bits per heavy atom. The molecule has 0 amide bonds. The third-order valence-corrected chi connectivity index (χ3v) is 3.73. The van der Waals surface area contributed by atoms with Gasteiger partial charge in [0.05, 0.1) is 36.2 Å². The summed E-state index contributed by atoms with van der Waals surface area (Å²) in [6, 6.07) is 7.95. The number of benzene rings is 2. The van der Waals surface area contributed by atoms with Gasteiger partial charge in [0.1, 0.15) is 11.5 Å². The third-order valence-electron chi connectivity index (χ3n) is 3.20. The molecule has 25 heavy (non-hydrogen) atoms. The van der Waals surface area contributed by atoms with E-state index in [-0.39, 0.29) is 15.8 Å². The topological polar surface area (TPSA) is 42.5 Å². The molecule has 0 aliphatic heterocycles. The summed E-state index contributed by atoms with van der Waals surface area (Å²) in [5, 5.41) is 5.65. The number of halogens is 4. The minimum Gasteiger partial charge on any atom is -0.497 e. The number of ether oxygens (including phenoxy) is 2. The normalized spacial score (nSPS) is 11.0. The highest BCUT2D eigenvalue weighted by Crippen LogP contribution is 2.34. The van der Waals surface area contributed by atoms with Gasteiger partial charge in [-0.15, -0.1) is 0 Å². The summed E-state index contributed by atoms with van der Waals surface area (Å²) in [4.78, 5) is 0. The van der Waals surface area contributed by atoms with Crippen LogP contribution in [0.4, 0.5) is 24.5 Å². The molecule has 0 bridgehead atoms. The highest BCUT2D eigenvalue weighted by molar-refractivity contribution is 7.80. The van der Waals surface area contributed by atoms with Gasteiger partial charge >= 0.3 is 6.18 Å². The molecule has 134 valence electrons. The van der Waals surface area contributed by atoms with Gasteiger partial charge in [-0.1, -0.05) is 11.6 Å². The Hall–Kier alpha value is -2.19. The molecule has 0 saturated heterocycles. The lowest BCUT2D eigenvalue weighted by Gasteiger charge is -2.16. The first kappa shape index (κ1) is 19.1. The number of hydrogen-bond acceptors (Lipinski definition) is 3. The van der Waals surface area contributed by atoms with Crippen LogP contribution in [0.15, 0.2) is 36.4 Å². The minimum absolute atomic E-state index is 0.0378. The van der Waals surface area contributed by atoms with Gasteiger partial charge in [-0.3, -0.25) is 0 Å². The van der Waals surface area contributed by atoms with E-state index in [2.05, 4.69) is 10.6 Å². The van der Waals surface area contributed by atoms with Gasteiger partial charge in [0, 0.05) is 6.07 Å². The van der Waals surface area contributed by atoms with Gasteiger partial charge < -0.3 is 20.1 Å². The molecule has 2 rings (SSSR count). The minimum atomic E-state index is -4.48. The highest BCUT2D eigenvalue weighted by atomic mass is 35.5. The molecule has 0 radical (unpaired) electrons. The molecular weight excluding hydrogens is 377 g/mol. The lowest BCUT2D eigenvalue weighted by molar-refractivity contribution is -0.137. The van der Waals surface area contributed by atoms with Crippen LogP contribution < -0.4 is 20.1 Å². The number of nitrogens with one attached hydrogen (secondary N) is 2. The fourth-order valence-corrected chi connectivity index (χ4v) is 2.37. The van der Waals surface area contributed by atoms with Crippen LogP contribution in [-0.4, -0.2) is 19.3 Å². The Morgan fingerprint density at radius 1 is 1.00 bits per heavy atom. The second-order valence-corrected chi connectivity index (χ2v) is 5.65. The molecule has 0 aromatic heterocycles. The predicted molar refractivity (Wildman–Crippen MR) is 95.8 cm³/mol. The van der Waals surface area contributed by atoms with Crippen LogP contribution in [0.1, 0.15) is 5.56 Å². The summed E-state index contributed by atoms with van der Waals surface area (Å²) >= 11 is 11.1. The summed E-state index contributed by atoms with van der Waals surface area (Å²) in [5.41, 5.74) is -0.306. The van der Waals surface area contributed by atoms with E-state index in [0.29, 0.717) is 17.2 Å². The van der Waals surface area contributed by atoms with E-state index in [1.807, 2.05) is 0 Å². The molecule has 0 saturated carbocycles. The fraction of sp³-hybridized carbons (Fsp3) is 0.188. The Kier molecular flexibility index (Phi) is 5.97. The average Bonchev–Trinajstić information content (AvgIpc) is 2.55. The van der Waals surface area contributed by atoms with E-state index in [1.165, 1.54) is 14.2 Å². The highest BCUT2D eigenvalue weighted by Gasteiger charge is 2.31. The lowest BCUT2D eigenvalue weighted by Crippen LogP contribution is -2.20. The van der Waals surface area contributed by atoms with Crippen LogP contribution in [0, 0.1) is 0 Å². The molecule has 2 N–H and O–H groups in total. The maximum atomic E-state index is 12.8. The van der Waals surface area contributed by atoms with E-state index in [0.717, 1.165) is 18.2 Å². The van der Waals surface area contributed by atoms with Gasteiger partial charge in [-0.25, -0.2) is 0 Å². The molecule has 0 aliphatic carbocycles. The van der Waals surface area contributed by atoms with E-state index in [9.17, 15) is 13.2 Å². The molecule has 2 aromatic carbocycles. The van der Waals surface area contributed by atoms with Crippen molar-refractivity contribution in [2.45, 2.75) is 6.18 Å². The van der Waals surface area contributed by atoms with Crippen molar-refractivity contribution in [3.05, 3.63) is 47.0 Å². The lowest BCUT2D eigenvalue weighted by atomic mass is 10.2. The zero-order chi connectivity index (χ0) is 18.6. The molecule has 4 nitrogen and oxygen atoms in total. The van der Waals surface area contributed by atoms with Gasteiger partial charge in [0.25, 0.3) is 0 Å². The van der Waals surface area contributed by atoms with Crippen molar-refractivity contribution in [3.63, 3.8) is 0 Å². The molecule has 0 atom stereocenters. The molecular formula is C16H14ClF3N2O2S. The van der Waals surface area contributed by atoms with Gasteiger partial charge in [0.15, 0.2) is 5.11 Å². The number of alkyl halides is 3. The van der Waals surface area contributed by atoms with Crippen molar-refractivity contribution in [2.24, 2.45) is 0 Å². The van der Waals surface area contributed by atoms with E-state index >= 15 is 0 Å². The summed E-state index contributed by atoms with van der Waals surface area (Å²) in [5.74, 6) is 1.04. The summed E-state index contributed by atoms with van der Waals surface area (Å²) in [6.45, 7) is 0. The van der Waals surface area contributed by atoms with Crippen molar-refractivity contribution >= 4 is 40.3 Å². The van der Waals surface area contributed by atoms with Gasteiger partial charge in [-0.2, -0.15) is 13.2 Å². The molecule has 0 spiro atoms. The van der Waals surface area contributed by atoms with Crippen LogP contribution in [0.25, 0.3) is 0 Å². The summed E-state index contributed by atoms with van der Waals surface area (Å²) < 4.78 is 48.8. The number of methoxy groups -OCH3 is 2. The van der Waals surface area contributed by atoms with E-state index in [1.54, 1.807) is 18.2 Å². The third kappa shape index (κ3) is 4.90. The molecule has 9 heteroatoms. The first-order valence-corrected chi connectivity index (χ1v) is 7.70. The molecule has 0 aliphatic rings. The Balaban J connectivity index is 2.21. The second-order valence-electron chi connectivity index (χ2n) is 4.84. The summed E-state index contributed by atoms with van der Waals surface area (Å²) in [7, 11) is 2.98. The van der Waals surface area contributed by atoms with E-state index in [4.69, 9.17) is 33.3 Å². The Labute approximate surface area is 152 Å². The number of hydrogen-bond donors (Lipinski definition) is 2. The monoisotopic (exact) mass is 390 g/mol. The van der Waals surface area contributed by atoms with Crippen molar-refractivity contribution in [1.29, 1.82) is 0 Å². The SMILES string of the molecule is COc1ccc(OC)c(NC(=S)Nc2cc(C(F)(F)F)ccc2Cl)c1. The quantitative estimate of drug-likeness (QED) is 0.704. The second kappa shape index (κ2) is 7.79. The van der Waals surface area contributed by atoms with Crippen LogP contribution in [0.3, 0.4) is 0 Å². The number of anilines is 2. The smallest absolute Gasteiger partial charge is 0.416 e. The van der Waals surface area contributed by atoms with Crippen LogP contribution in [0.2, 0.25) is 5.02 Å². The average molecular weight is 391 g/mol. The maximum Gasteiger partial charge on any atom is 0.416 e. The predicted octanol–water partition coefficient (Wildman–Crippen LogP) is 5.18. The van der Waals surface area contributed by atoms with E-state index < -0.39 is 11.7 Å². The Morgan fingerprint density at radius 3 is 2.28 bits per heavy atom. The zero-order valence-electron chi connectivity index (χ0n) is 13.2. The number of thiocarbonyl (C=S) groups is 1. The van der Waals surface area contributed by atoms with Crippen LogP contribution in [-0.2, 0) is 6.18 Å². The Bertz CT molecular complexity index is 784. The summed E-state index contributed by atoms with van der Waals surface area (Å²) in [6.07, 6.45) is -4.48. The maximum absolute atomic E-state index is 12.8. The molecule has 0 unspecified atom stereocenters. The molecule has 0 heterocycles. The van der Waals surface area contributed by atoms with Gasteiger partial charge in [0.2, 0.25) is 0 Å². The number of rotatable bonds is 4. The van der Waals surface area contributed by atoms with Crippen LogP contribution >= 0.6 is 23.8 Å². The zero-order valence-corrected chi connectivity index (χ0v) is 14.8. The van der Waals surface area contributed by atoms with Crippen molar-refractivity contribution in [1.82, 2.24) is 0 Å². The fourth-order valence-electron chi connectivity index (χ4n) is 1.99. The van der Waals surface area contributed by atoms with Crippen molar-refractivity contribution < 1.29 is 22.6 Å². The van der Waals surface area contributed by atoms with Gasteiger partial charge in [-0.05, 0) is 42.5 Å². The standard InChI is InChI=1S/C16H14ClF3N2O2S/c1-23-10-4-6-14(24-2)13(8-10)22-15(25)21-12-7-9(16(18,19)20)3-5-11(12)17/h3-8H,1-2H3,(H2,21,22,25). The molecule has 0 fully saturated rings. The first-order chi connectivity index (χ1) is 11.7. The first-order valence-electron chi connectivity index (χ1n) is 6.91.